The zero-order valence-corrected chi connectivity index (χ0v) is 21.9. The van der Waals surface area contributed by atoms with Crippen molar-refractivity contribution in [3.8, 4) is 0 Å². The fourth-order valence-corrected chi connectivity index (χ4v) is 7.84. The van der Waals surface area contributed by atoms with Crippen molar-refractivity contribution < 1.29 is 14.6 Å². The summed E-state index contributed by atoms with van der Waals surface area (Å²) in [6, 6.07) is -0.256. The molecular weight excluding hydrogens is 390 g/mol. The number of ether oxygens (including phenoxy) is 1. The lowest BCUT2D eigenvalue weighted by molar-refractivity contribution is 0.108. The number of unbranched alkanes of at least 4 members (excludes halogenated alkanes) is 11. The number of nitrogens with one attached hydrogen (secondary N) is 1. The molecule has 1 rings (SSSR count). The highest BCUT2D eigenvalue weighted by atomic mass is 28.3. The van der Waals surface area contributed by atoms with E-state index in [1.807, 2.05) is 0 Å². The molecule has 1 saturated heterocycles. The van der Waals surface area contributed by atoms with Gasteiger partial charge >= 0.3 is 6.09 Å². The van der Waals surface area contributed by atoms with Crippen molar-refractivity contribution in [2.45, 2.75) is 147 Å². The van der Waals surface area contributed by atoms with Gasteiger partial charge in [0.05, 0.1) is 20.7 Å². The maximum atomic E-state index is 11.8. The Kier molecular flexibility index (Phi) is 12.6. The highest BCUT2D eigenvalue weighted by Crippen LogP contribution is 2.48. The van der Waals surface area contributed by atoms with Gasteiger partial charge in [0, 0.05) is 0 Å². The van der Waals surface area contributed by atoms with Gasteiger partial charge in [-0.25, -0.2) is 4.79 Å². The highest BCUT2D eigenvalue weighted by molar-refractivity contribution is 6.81. The van der Waals surface area contributed by atoms with E-state index in [-0.39, 0.29) is 29.9 Å². The van der Waals surface area contributed by atoms with Crippen molar-refractivity contribution in [3.63, 3.8) is 0 Å². The topological polar surface area (TPSA) is 58.6 Å². The van der Waals surface area contributed by atoms with Gasteiger partial charge in [-0.3, -0.25) is 0 Å². The molecular formula is C25H51NO3Si. The number of carbonyl (C=O) groups excluding carboxylic acids is 1. The van der Waals surface area contributed by atoms with E-state index >= 15 is 0 Å². The first-order valence-corrected chi connectivity index (χ1v) is 15.8. The molecule has 1 amide bonds. The van der Waals surface area contributed by atoms with E-state index in [4.69, 9.17) is 4.74 Å². The molecule has 0 saturated carbocycles. The molecule has 0 spiro atoms. The molecule has 0 bridgehead atoms. The van der Waals surface area contributed by atoms with E-state index in [1.54, 1.807) is 0 Å². The summed E-state index contributed by atoms with van der Waals surface area (Å²) >= 11 is 0. The molecule has 3 atom stereocenters. The van der Waals surface area contributed by atoms with E-state index < -0.39 is 8.07 Å². The van der Waals surface area contributed by atoms with Crippen LogP contribution >= 0.6 is 0 Å². The number of aliphatic hydroxyl groups is 1. The van der Waals surface area contributed by atoms with Gasteiger partial charge in [0.25, 0.3) is 0 Å². The summed E-state index contributed by atoms with van der Waals surface area (Å²) in [5, 5.41) is 12.8. The predicted molar refractivity (Wildman–Crippen MR) is 131 cm³/mol. The summed E-state index contributed by atoms with van der Waals surface area (Å²) in [5.41, 5.74) is 0.372. The normalized spacial score (nSPS) is 20.8. The quantitative estimate of drug-likeness (QED) is 0.193. The van der Waals surface area contributed by atoms with Gasteiger partial charge in [-0.05, 0) is 17.0 Å². The van der Waals surface area contributed by atoms with Crippen LogP contribution in [0.25, 0.3) is 0 Å². The van der Waals surface area contributed by atoms with Crippen LogP contribution < -0.4 is 5.32 Å². The molecule has 0 unspecified atom stereocenters. The number of rotatable bonds is 16. The molecule has 1 fully saturated rings. The molecule has 1 aliphatic heterocycles. The molecule has 4 nitrogen and oxygen atoms in total. The molecule has 2 N–H and O–H groups in total. The van der Waals surface area contributed by atoms with Gasteiger partial charge in [0.2, 0.25) is 0 Å². The molecule has 1 aliphatic rings. The van der Waals surface area contributed by atoms with Gasteiger partial charge in [-0.2, -0.15) is 0 Å². The Labute approximate surface area is 187 Å². The monoisotopic (exact) mass is 441 g/mol. The van der Waals surface area contributed by atoms with Crippen LogP contribution in [0.2, 0.25) is 23.7 Å². The fraction of sp³-hybridized carbons (Fsp3) is 0.960. The number of carbonyl (C=O) groups is 1. The summed E-state index contributed by atoms with van der Waals surface area (Å²) < 4.78 is 5.69. The summed E-state index contributed by atoms with van der Waals surface area (Å²) in [7, 11) is -1.72. The van der Waals surface area contributed by atoms with E-state index in [2.05, 4.69) is 46.1 Å². The predicted octanol–water partition coefficient (Wildman–Crippen LogP) is 7.43. The lowest BCUT2D eigenvalue weighted by atomic mass is 10.0. The molecule has 0 aliphatic carbocycles. The number of aliphatic hydroxyl groups excluding tert-OH is 1. The Bertz CT molecular complexity index is 476. The molecule has 178 valence electrons. The average molecular weight is 442 g/mol. The second-order valence-corrected chi connectivity index (χ2v) is 16.7. The first kappa shape index (κ1) is 27.5. The van der Waals surface area contributed by atoms with E-state index in [0.717, 1.165) is 6.42 Å². The lowest BCUT2D eigenvalue weighted by Gasteiger charge is -2.46. The third kappa shape index (κ3) is 8.90. The standard InChI is InChI=1S/C25H51NO3Si/c1-7-8-9-10-11-12-13-14-15-16-17-18-19-22(30(5,6)25(2,3)4)23-21(20-27)26-24(28)29-23/h21-23,27H,7-20H2,1-6H3,(H,26,28)/t21-,22-,23+/m1/s1. The number of amides is 1. The highest BCUT2D eigenvalue weighted by Gasteiger charge is 2.50. The Hall–Kier alpha value is -0.553. The first-order valence-electron chi connectivity index (χ1n) is 12.7. The minimum atomic E-state index is -1.72. The van der Waals surface area contributed by atoms with E-state index in [1.165, 1.54) is 77.0 Å². The number of hydrogen-bond donors (Lipinski definition) is 2. The molecule has 0 aromatic carbocycles. The molecule has 30 heavy (non-hydrogen) atoms. The van der Waals surface area contributed by atoms with Crippen LogP contribution in [0.5, 0.6) is 0 Å². The van der Waals surface area contributed by atoms with Crippen molar-refractivity contribution in [2.75, 3.05) is 6.61 Å². The molecule has 0 aromatic heterocycles. The van der Waals surface area contributed by atoms with Gasteiger partial charge in [0.1, 0.15) is 6.10 Å². The van der Waals surface area contributed by atoms with Crippen LogP contribution in [0.15, 0.2) is 0 Å². The second-order valence-electron chi connectivity index (χ2n) is 11.1. The van der Waals surface area contributed by atoms with Crippen LogP contribution in [-0.4, -0.2) is 38.0 Å². The minimum Gasteiger partial charge on any atom is -0.444 e. The zero-order chi connectivity index (χ0) is 22.6. The molecule has 5 heteroatoms. The van der Waals surface area contributed by atoms with Crippen LogP contribution in [0, 0.1) is 0 Å². The van der Waals surface area contributed by atoms with Crippen molar-refractivity contribution in [3.05, 3.63) is 0 Å². The second kappa shape index (κ2) is 13.8. The van der Waals surface area contributed by atoms with E-state index in [9.17, 15) is 9.90 Å². The third-order valence-electron chi connectivity index (χ3n) is 7.76. The van der Waals surface area contributed by atoms with Gasteiger partial charge < -0.3 is 15.2 Å². The minimum absolute atomic E-state index is 0.0417. The lowest BCUT2D eigenvalue weighted by Crippen LogP contribution is -2.50. The van der Waals surface area contributed by atoms with Crippen molar-refractivity contribution >= 4 is 14.2 Å². The van der Waals surface area contributed by atoms with E-state index in [0.29, 0.717) is 5.54 Å². The van der Waals surface area contributed by atoms with Crippen LogP contribution in [0.1, 0.15) is 111 Å². The Morgan fingerprint density at radius 3 is 1.83 bits per heavy atom. The van der Waals surface area contributed by atoms with Crippen molar-refractivity contribution in [1.29, 1.82) is 0 Å². The summed E-state index contributed by atoms with van der Waals surface area (Å²) in [4.78, 5) is 11.8. The third-order valence-corrected chi connectivity index (χ3v) is 14.1. The number of hydrogen-bond acceptors (Lipinski definition) is 3. The van der Waals surface area contributed by atoms with Gasteiger partial charge in [0.15, 0.2) is 0 Å². The summed E-state index contributed by atoms with van der Waals surface area (Å²) in [6.45, 7) is 14.1. The fourth-order valence-electron chi connectivity index (χ4n) is 4.68. The number of alkyl carbamates (subject to hydrolysis) is 1. The maximum Gasteiger partial charge on any atom is 0.407 e. The Morgan fingerprint density at radius 2 is 1.40 bits per heavy atom. The summed E-state index contributed by atoms with van der Waals surface area (Å²) in [6.07, 6.45) is 16.8. The van der Waals surface area contributed by atoms with Gasteiger partial charge in [-0.1, -0.05) is 118 Å². The average Bonchev–Trinajstić information content (AvgIpc) is 3.04. The maximum absolute atomic E-state index is 11.8. The van der Waals surface area contributed by atoms with Crippen LogP contribution in [0.4, 0.5) is 4.79 Å². The smallest absolute Gasteiger partial charge is 0.407 e. The van der Waals surface area contributed by atoms with Crippen molar-refractivity contribution in [1.82, 2.24) is 5.32 Å². The zero-order valence-electron chi connectivity index (χ0n) is 20.9. The summed E-state index contributed by atoms with van der Waals surface area (Å²) in [5.74, 6) is 0. The first-order chi connectivity index (χ1) is 14.1. The van der Waals surface area contributed by atoms with Crippen LogP contribution in [-0.2, 0) is 4.74 Å². The molecule has 0 radical (unpaired) electrons. The molecule has 1 heterocycles. The Balaban J connectivity index is 2.39. The largest absolute Gasteiger partial charge is 0.444 e. The SMILES string of the molecule is CCCCCCCCCCCCCC[C@H]([C@H]1OC(=O)N[C@@H]1CO)[Si](C)(C)C(C)(C)C. The van der Waals surface area contributed by atoms with Gasteiger partial charge in [-0.15, -0.1) is 0 Å². The van der Waals surface area contributed by atoms with Crippen molar-refractivity contribution in [2.24, 2.45) is 0 Å². The molecule has 0 aromatic rings. The van der Waals surface area contributed by atoms with Crippen LogP contribution in [0.3, 0.4) is 0 Å². The number of cyclic esters (lactones) is 1. The Morgan fingerprint density at radius 1 is 0.933 bits per heavy atom.